The van der Waals surface area contributed by atoms with Crippen molar-refractivity contribution in [2.45, 2.75) is 19.9 Å². The number of nitrogens with zero attached hydrogens (tertiary/aromatic N) is 4. The number of furan rings is 1. The first-order chi connectivity index (χ1) is 14.1. The molecule has 0 N–H and O–H groups in total. The van der Waals surface area contributed by atoms with Crippen molar-refractivity contribution in [3.05, 3.63) is 54.0 Å². The van der Waals surface area contributed by atoms with E-state index in [4.69, 9.17) is 9.15 Å². The highest BCUT2D eigenvalue weighted by Gasteiger charge is 2.48. The normalized spacial score (nSPS) is 18.3. The van der Waals surface area contributed by atoms with Crippen molar-refractivity contribution in [3.8, 4) is 0 Å². The minimum Gasteiger partial charge on any atom is -0.462 e. The first kappa shape index (κ1) is 18.1. The SMILES string of the molecule is CCOC(=O)c1cnc(N2CCC3(CN(Cc4cc5ccccc5o4)C3)C2)nc1. The summed E-state index contributed by atoms with van der Waals surface area (Å²) in [6.45, 7) is 6.98. The van der Waals surface area contributed by atoms with Gasteiger partial charge in [0.15, 0.2) is 0 Å². The summed E-state index contributed by atoms with van der Waals surface area (Å²) in [6.07, 6.45) is 4.24. The first-order valence-corrected chi connectivity index (χ1v) is 10.1. The molecule has 0 saturated carbocycles. The first-order valence-electron chi connectivity index (χ1n) is 10.1. The molecule has 0 radical (unpaired) electrons. The summed E-state index contributed by atoms with van der Waals surface area (Å²) in [5, 5.41) is 1.16. The lowest BCUT2D eigenvalue weighted by Crippen LogP contribution is -2.56. The van der Waals surface area contributed by atoms with Gasteiger partial charge in [-0.1, -0.05) is 18.2 Å². The lowest BCUT2D eigenvalue weighted by atomic mass is 9.79. The highest BCUT2D eigenvalue weighted by molar-refractivity contribution is 5.88. The Labute approximate surface area is 169 Å². The van der Waals surface area contributed by atoms with E-state index < -0.39 is 0 Å². The second-order valence-corrected chi connectivity index (χ2v) is 8.06. The molecule has 1 aromatic carbocycles. The quantitative estimate of drug-likeness (QED) is 0.618. The number of hydrogen-bond donors (Lipinski definition) is 0. The molecule has 0 aliphatic carbocycles. The Kier molecular flexibility index (Phi) is 4.47. The number of anilines is 1. The average Bonchev–Trinajstić information content (AvgIpc) is 3.32. The van der Waals surface area contributed by atoms with Crippen molar-refractivity contribution in [2.24, 2.45) is 5.41 Å². The Morgan fingerprint density at radius 1 is 1.21 bits per heavy atom. The second-order valence-electron chi connectivity index (χ2n) is 8.06. The molecule has 0 atom stereocenters. The van der Waals surface area contributed by atoms with E-state index in [1.54, 1.807) is 19.3 Å². The maximum Gasteiger partial charge on any atom is 0.341 e. The maximum atomic E-state index is 11.8. The molecule has 2 aliphatic heterocycles. The molecule has 2 aromatic heterocycles. The molecule has 2 aliphatic rings. The Bertz CT molecular complexity index is 991. The van der Waals surface area contributed by atoms with Crippen LogP contribution in [0.5, 0.6) is 0 Å². The maximum absolute atomic E-state index is 11.8. The van der Waals surface area contributed by atoms with Gasteiger partial charge in [0, 0.05) is 49.4 Å². The van der Waals surface area contributed by atoms with Crippen LogP contribution < -0.4 is 4.90 Å². The number of ether oxygens (including phenoxy) is 1. The number of carbonyl (C=O) groups is 1. The van der Waals surface area contributed by atoms with Gasteiger partial charge in [-0.3, -0.25) is 4.90 Å². The van der Waals surface area contributed by atoms with E-state index in [0.717, 1.165) is 55.9 Å². The number of esters is 1. The van der Waals surface area contributed by atoms with Gasteiger partial charge in [0.2, 0.25) is 5.95 Å². The van der Waals surface area contributed by atoms with E-state index >= 15 is 0 Å². The average molecular weight is 392 g/mol. The van der Waals surface area contributed by atoms with Crippen molar-refractivity contribution in [1.82, 2.24) is 14.9 Å². The molecule has 4 heterocycles. The molecule has 0 amide bonds. The lowest BCUT2D eigenvalue weighted by Gasteiger charge is -2.47. The van der Waals surface area contributed by atoms with Crippen molar-refractivity contribution in [1.29, 1.82) is 0 Å². The zero-order chi connectivity index (χ0) is 19.8. The van der Waals surface area contributed by atoms with Crippen molar-refractivity contribution >= 4 is 22.9 Å². The van der Waals surface area contributed by atoms with Gasteiger partial charge in [-0.2, -0.15) is 0 Å². The lowest BCUT2D eigenvalue weighted by molar-refractivity contribution is 0.00727. The molecule has 3 aromatic rings. The number of aromatic nitrogens is 2. The predicted octanol–water partition coefficient (Wildman–Crippen LogP) is 3.11. The van der Waals surface area contributed by atoms with Gasteiger partial charge in [-0.15, -0.1) is 0 Å². The van der Waals surface area contributed by atoms with Gasteiger partial charge in [-0.25, -0.2) is 14.8 Å². The molecule has 7 heteroatoms. The summed E-state index contributed by atoms with van der Waals surface area (Å²) in [4.78, 5) is 25.2. The van der Waals surface area contributed by atoms with Crippen LogP contribution in [0.15, 0.2) is 47.1 Å². The van der Waals surface area contributed by atoms with E-state index in [0.29, 0.717) is 23.5 Å². The summed E-state index contributed by atoms with van der Waals surface area (Å²) in [5.74, 6) is 1.33. The third-order valence-corrected chi connectivity index (χ3v) is 5.84. The zero-order valence-corrected chi connectivity index (χ0v) is 16.5. The fourth-order valence-corrected chi connectivity index (χ4v) is 4.52. The van der Waals surface area contributed by atoms with Crippen LogP contribution in [0.1, 0.15) is 29.5 Å². The standard InChI is InChI=1S/C22H24N4O3/c1-2-28-20(27)17-10-23-21(24-11-17)26-8-7-22(15-26)13-25(14-22)12-18-9-16-5-3-4-6-19(16)29-18/h3-6,9-11H,2,7-8,12-15H2,1H3. The van der Waals surface area contributed by atoms with E-state index in [-0.39, 0.29) is 5.97 Å². The Morgan fingerprint density at radius 3 is 2.76 bits per heavy atom. The highest BCUT2D eigenvalue weighted by atomic mass is 16.5. The third-order valence-electron chi connectivity index (χ3n) is 5.84. The van der Waals surface area contributed by atoms with E-state index in [9.17, 15) is 4.79 Å². The Balaban J connectivity index is 1.18. The van der Waals surface area contributed by atoms with Crippen LogP contribution in [0.25, 0.3) is 11.0 Å². The van der Waals surface area contributed by atoms with Gasteiger partial charge in [0.05, 0.1) is 18.7 Å². The number of benzene rings is 1. The summed E-state index contributed by atoms with van der Waals surface area (Å²) >= 11 is 0. The molecular formula is C22H24N4O3. The third kappa shape index (κ3) is 3.46. The van der Waals surface area contributed by atoms with E-state index in [2.05, 4.69) is 31.9 Å². The van der Waals surface area contributed by atoms with E-state index in [1.807, 2.05) is 18.2 Å². The van der Waals surface area contributed by atoms with Gasteiger partial charge >= 0.3 is 5.97 Å². The van der Waals surface area contributed by atoms with Crippen LogP contribution in [0.4, 0.5) is 5.95 Å². The van der Waals surface area contributed by atoms with Gasteiger partial charge in [0.1, 0.15) is 11.3 Å². The number of hydrogen-bond acceptors (Lipinski definition) is 7. The van der Waals surface area contributed by atoms with Crippen LogP contribution in [0.3, 0.4) is 0 Å². The molecule has 1 spiro atoms. The smallest absolute Gasteiger partial charge is 0.341 e. The molecule has 0 unspecified atom stereocenters. The topological polar surface area (TPSA) is 71.7 Å². The minimum absolute atomic E-state index is 0.301. The fourth-order valence-electron chi connectivity index (χ4n) is 4.52. The van der Waals surface area contributed by atoms with Gasteiger partial charge in [-0.05, 0) is 25.5 Å². The molecule has 0 bridgehead atoms. The molecule has 2 saturated heterocycles. The summed E-state index contributed by atoms with van der Waals surface area (Å²) in [6, 6.07) is 10.3. The minimum atomic E-state index is -0.378. The number of para-hydroxylation sites is 1. The molecule has 150 valence electrons. The summed E-state index contributed by atoms with van der Waals surface area (Å²) in [7, 11) is 0. The predicted molar refractivity (Wildman–Crippen MR) is 109 cm³/mol. The van der Waals surface area contributed by atoms with Crippen molar-refractivity contribution in [3.63, 3.8) is 0 Å². The number of likely N-dealkylation sites (tertiary alicyclic amines) is 1. The fraction of sp³-hybridized carbons (Fsp3) is 0.409. The Morgan fingerprint density at radius 2 is 2.00 bits per heavy atom. The van der Waals surface area contributed by atoms with Crippen LogP contribution in [0, 0.1) is 5.41 Å². The molecule has 2 fully saturated rings. The monoisotopic (exact) mass is 392 g/mol. The molecule has 5 rings (SSSR count). The molecule has 7 nitrogen and oxygen atoms in total. The Hall–Kier alpha value is -2.93. The summed E-state index contributed by atoms with van der Waals surface area (Å²) < 4.78 is 10.9. The number of rotatable bonds is 5. The van der Waals surface area contributed by atoms with Crippen LogP contribution in [-0.4, -0.2) is 53.6 Å². The van der Waals surface area contributed by atoms with Crippen molar-refractivity contribution < 1.29 is 13.9 Å². The van der Waals surface area contributed by atoms with Crippen LogP contribution in [-0.2, 0) is 11.3 Å². The molecule has 29 heavy (non-hydrogen) atoms. The number of fused-ring (bicyclic) bond motifs is 1. The largest absolute Gasteiger partial charge is 0.462 e. The zero-order valence-electron chi connectivity index (χ0n) is 16.5. The van der Waals surface area contributed by atoms with E-state index in [1.165, 1.54) is 0 Å². The molecular weight excluding hydrogens is 368 g/mol. The van der Waals surface area contributed by atoms with Crippen molar-refractivity contribution in [2.75, 3.05) is 37.7 Å². The van der Waals surface area contributed by atoms with Crippen LogP contribution in [0.2, 0.25) is 0 Å². The number of carbonyl (C=O) groups excluding carboxylic acids is 1. The van der Waals surface area contributed by atoms with Gasteiger partial charge < -0.3 is 14.1 Å². The highest BCUT2D eigenvalue weighted by Crippen LogP contribution is 2.41. The van der Waals surface area contributed by atoms with Gasteiger partial charge in [0.25, 0.3) is 0 Å². The van der Waals surface area contributed by atoms with Crippen LogP contribution >= 0.6 is 0 Å². The second kappa shape index (κ2) is 7.15. The summed E-state index contributed by atoms with van der Waals surface area (Å²) in [5.41, 5.74) is 1.65.